The molecule has 0 amide bonds. The second-order valence-electron chi connectivity index (χ2n) is 2.68. The normalized spacial score (nSPS) is 10.1. The Balaban J connectivity index is 2.33. The number of carbonyl (C=O) groups excluding carboxylic acids is 1. The molecule has 0 saturated heterocycles. The summed E-state index contributed by atoms with van der Waals surface area (Å²) in [6.45, 7) is 0. The van der Waals surface area contributed by atoms with Gasteiger partial charge in [0.2, 0.25) is 5.78 Å². The summed E-state index contributed by atoms with van der Waals surface area (Å²) < 4.78 is 4.97. The molecule has 0 aliphatic heterocycles. The Hall–Kier alpha value is -1.61. The maximum atomic E-state index is 11.6. The summed E-state index contributed by atoms with van der Waals surface area (Å²) in [7, 11) is 0. The molecule has 70 valence electrons. The highest BCUT2D eigenvalue weighted by atomic mass is 35.5. The van der Waals surface area contributed by atoms with E-state index in [1.54, 1.807) is 24.3 Å². The Labute approximate surface area is 85.3 Å². The summed E-state index contributed by atoms with van der Waals surface area (Å²) in [5.74, 6) is 0.105. The zero-order valence-corrected chi connectivity index (χ0v) is 7.86. The summed E-state index contributed by atoms with van der Waals surface area (Å²) in [6.07, 6.45) is 2.88. The topological polar surface area (TPSA) is 43.1 Å². The lowest BCUT2D eigenvalue weighted by molar-refractivity contribution is 0.101. The third kappa shape index (κ3) is 1.67. The molecule has 0 bridgehead atoms. The van der Waals surface area contributed by atoms with E-state index in [2.05, 4.69) is 4.98 Å². The third-order valence-corrected chi connectivity index (χ3v) is 1.96. The number of pyridine rings is 1. The lowest BCUT2D eigenvalue weighted by Gasteiger charge is -1.96. The monoisotopic (exact) mass is 207 g/mol. The number of aromatic nitrogens is 1. The van der Waals surface area contributed by atoms with Crippen molar-refractivity contribution in [3.05, 3.63) is 53.2 Å². The van der Waals surface area contributed by atoms with E-state index in [-0.39, 0.29) is 5.78 Å². The Morgan fingerprint density at radius 1 is 1.36 bits per heavy atom. The Kier molecular flexibility index (Phi) is 2.33. The van der Waals surface area contributed by atoms with Gasteiger partial charge in [-0.05, 0) is 24.3 Å². The van der Waals surface area contributed by atoms with E-state index in [1.807, 2.05) is 0 Å². The van der Waals surface area contributed by atoms with Gasteiger partial charge in [-0.25, -0.2) is 4.98 Å². The maximum absolute atomic E-state index is 11.6. The molecule has 4 heteroatoms. The number of ketones is 1. The fourth-order valence-corrected chi connectivity index (χ4v) is 1.17. The van der Waals surface area contributed by atoms with E-state index in [4.69, 9.17) is 16.0 Å². The molecule has 0 unspecified atom stereocenters. The first-order chi connectivity index (χ1) is 6.77. The minimum atomic E-state index is -0.195. The van der Waals surface area contributed by atoms with Gasteiger partial charge in [-0.3, -0.25) is 4.79 Å². The molecule has 0 aliphatic carbocycles. The quantitative estimate of drug-likeness (QED) is 0.562. The molecule has 3 nitrogen and oxygen atoms in total. The molecule has 0 aliphatic rings. The van der Waals surface area contributed by atoms with Crippen LogP contribution in [0.2, 0.25) is 5.15 Å². The number of hydrogen-bond acceptors (Lipinski definition) is 3. The van der Waals surface area contributed by atoms with Gasteiger partial charge < -0.3 is 4.42 Å². The molecule has 0 aromatic carbocycles. The van der Waals surface area contributed by atoms with Crippen LogP contribution in [0.4, 0.5) is 0 Å². The Morgan fingerprint density at radius 2 is 2.21 bits per heavy atom. The van der Waals surface area contributed by atoms with Crippen LogP contribution in [0.1, 0.15) is 16.1 Å². The molecular weight excluding hydrogens is 202 g/mol. The largest absolute Gasteiger partial charge is 0.461 e. The summed E-state index contributed by atoms with van der Waals surface area (Å²) >= 11 is 5.60. The first-order valence-corrected chi connectivity index (χ1v) is 4.35. The van der Waals surface area contributed by atoms with Crippen LogP contribution < -0.4 is 0 Å². The molecule has 0 fully saturated rings. The lowest BCUT2D eigenvalue weighted by atomic mass is 10.1. The molecule has 2 aromatic heterocycles. The fraction of sp³-hybridized carbons (Fsp3) is 0. The zero-order chi connectivity index (χ0) is 9.97. The Morgan fingerprint density at radius 3 is 2.79 bits per heavy atom. The molecule has 2 rings (SSSR count). The van der Waals surface area contributed by atoms with Crippen LogP contribution in [0, 0.1) is 0 Å². The van der Waals surface area contributed by atoms with Gasteiger partial charge in [0.25, 0.3) is 0 Å². The molecule has 0 radical (unpaired) electrons. The van der Waals surface area contributed by atoms with E-state index in [0.29, 0.717) is 16.5 Å². The van der Waals surface area contributed by atoms with Gasteiger partial charge in [0.1, 0.15) is 5.15 Å². The summed E-state index contributed by atoms with van der Waals surface area (Å²) in [5, 5.41) is 0.362. The number of carbonyl (C=O) groups is 1. The molecule has 0 spiro atoms. The van der Waals surface area contributed by atoms with Crippen molar-refractivity contribution < 1.29 is 9.21 Å². The molecule has 2 aromatic rings. The molecule has 0 saturated carbocycles. The van der Waals surface area contributed by atoms with E-state index < -0.39 is 0 Å². The third-order valence-electron chi connectivity index (χ3n) is 1.73. The van der Waals surface area contributed by atoms with E-state index >= 15 is 0 Å². The van der Waals surface area contributed by atoms with Crippen LogP contribution in [-0.2, 0) is 0 Å². The summed E-state index contributed by atoms with van der Waals surface area (Å²) in [6, 6.07) is 6.45. The average Bonchev–Trinajstić information content (AvgIpc) is 2.71. The SMILES string of the molecule is O=C(c1ccc(Cl)nc1)c1ccco1. The van der Waals surface area contributed by atoms with E-state index in [0.717, 1.165) is 0 Å². The van der Waals surface area contributed by atoms with E-state index in [1.165, 1.54) is 12.5 Å². The second kappa shape index (κ2) is 3.64. The van der Waals surface area contributed by atoms with Crippen molar-refractivity contribution in [3.63, 3.8) is 0 Å². The van der Waals surface area contributed by atoms with Gasteiger partial charge in [0.15, 0.2) is 5.76 Å². The van der Waals surface area contributed by atoms with Gasteiger partial charge in [-0.1, -0.05) is 11.6 Å². The van der Waals surface area contributed by atoms with Crippen LogP contribution in [0.5, 0.6) is 0 Å². The van der Waals surface area contributed by atoms with Crippen LogP contribution in [0.3, 0.4) is 0 Å². The Bertz CT molecular complexity index is 434. The minimum Gasteiger partial charge on any atom is -0.461 e. The highest BCUT2D eigenvalue weighted by Gasteiger charge is 2.11. The molecular formula is C10H6ClNO2. The zero-order valence-electron chi connectivity index (χ0n) is 7.11. The van der Waals surface area contributed by atoms with Crippen molar-refractivity contribution in [2.45, 2.75) is 0 Å². The van der Waals surface area contributed by atoms with Crippen molar-refractivity contribution in [3.8, 4) is 0 Å². The first kappa shape index (κ1) is 8.97. The van der Waals surface area contributed by atoms with Gasteiger partial charge in [0, 0.05) is 11.8 Å². The first-order valence-electron chi connectivity index (χ1n) is 3.97. The second-order valence-corrected chi connectivity index (χ2v) is 3.06. The van der Waals surface area contributed by atoms with Crippen LogP contribution in [0.15, 0.2) is 41.1 Å². The number of furan rings is 1. The molecule has 0 atom stereocenters. The molecule has 14 heavy (non-hydrogen) atoms. The number of nitrogens with zero attached hydrogens (tertiary/aromatic N) is 1. The predicted molar refractivity (Wildman–Crippen MR) is 51.4 cm³/mol. The number of halogens is 1. The van der Waals surface area contributed by atoms with Crippen molar-refractivity contribution in [2.24, 2.45) is 0 Å². The van der Waals surface area contributed by atoms with Gasteiger partial charge in [-0.15, -0.1) is 0 Å². The highest BCUT2D eigenvalue weighted by Crippen LogP contribution is 2.11. The van der Waals surface area contributed by atoms with Gasteiger partial charge >= 0.3 is 0 Å². The van der Waals surface area contributed by atoms with Gasteiger partial charge in [-0.2, -0.15) is 0 Å². The maximum Gasteiger partial charge on any atom is 0.229 e. The summed E-state index contributed by atoms with van der Waals surface area (Å²) in [5.41, 5.74) is 0.462. The number of hydrogen-bond donors (Lipinski definition) is 0. The summed E-state index contributed by atoms with van der Waals surface area (Å²) in [4.78, 5) is 15.5. The van der Waals surface area contributed by atoms with Crippen molar-refractivity contribution >= 4 is 17.4 Å². The van der Waals surface area contributed by atoms with E-state index in [9.17, 15) is 4.79 Å². The molecule has 2 heterocycles. The van der Waals surface area contributed by atoms with Crippen molar-refractivity contribution in [1.82, 2.24) is 4.98 Å². The average molecular weight is 208 g/mol. The minimum absolute atomic E-state index is 0.195. The number of rotatable bonds is 2. The van der Waals surface area contributed by atoms with Crippen LogP contribution in [-0.4, -0.2) is 10.8 Å². The standard InChI is InChI=1S/C10H6ClNO2/c11-9-4-3-7(6-12-9)10(13)8-2-1-5-14-8/h1-6H. The van der Waals surface area contributed by atoms with Crippen molar-refractivity contribution in [1.29, 1.82) is 0 Å². The smallest absolute Gasteiger partial charge is 0.229 e. The predicted octanol–water partition coefficient (Wildman–Crippen LogP) is 2.56. The van der Waals surface area contributed by atoms with Crippen LogP contribution >= 0.6 is 11.6 Å². The highest BCUT2D eigenvalue weighted by molar-refractivity contribution is 6.29. The molecule has 0 N–H and O–H groups in total. The fourth-order valence-electron chi connectivity index (χ4n) is 1.06. The van der Waals surface area contributed by atoms with Crippen molar-refractivity contribution in [2.75, 3.05) is 0 Å². The van der Waals surface area contributed by atoms with Gasteiger partial charge in [0.05, 0.1) is 6.26 Å². The lowest BCUT2D eigenvalue weighted by Crippen LogP contribution is -1.99. The van der Waals surface area contributed by atoms with Crippen LogP contribution in [0.25, 0.3) is 0 Å².